The van der Waals surface area contributed by atoms with Gasteiger partial charge in [-0.1, -0.05) is 6.92 Å². The minimum Gasteiger partial charge on any atom is -0.300 e. The second kappa shape index (κ2) is 5.56. The molecule has 17 heavy (non-hydrogen) atoms. The van der Waals surface area contributed by atoms with Gasteiger partial charge in [0.25, 0.3) is 0 Å². The summed E-state index contributed by atoms with van der Waals surface area (Å²) in [5.74, 6) is 0.502. The van der Waals surface area contributed by atoms with E-state index in [-0.39, 0.29) is 5.78 Å². The van der Waals surface area contributed by atoms with Crippen LogP contribution in [0.2, 0.25) is 0 Å². The highest BCUT2D eigenvalue weighted by atomic mass is 32.1. The van der Waals surface area contributed by atoms with E-state index in [1.165, 1.54) is 4.88 Å². The minimum atomic E-state index is 0.184. The molecule has 0 spiro atoms. The van der Waals surface area contributed by atoms with Crippen LogP contribution in [-0.2, 0) is 11.2 Å². The zero-order chi connectivity index (χ0) is 12.3. The van der Waals surface area contributed by atoms with Crippen molar-refractivity contribution in [3.63, 3.8) is 0 Å². The zero-order valence-corrected chi connectivity index (χ0v) is 10.9. The van der Waals surface area contributed by atoms with Gasteiger partial charge in [0.15, 0.2) is 5.78 Å². The molecule has 0 unspecified atom stereocenters. The summed E-state index contributed by atoms with van der Waals surface area (Å²) in [6, 6.07) is 3.94. The van der Waals surface area contributed by atoms with E-state index < -0.39 is 0 Å². The van der Waals surface area contributed by atoms with Crippen LogP contribution in [0.1, 0.15) is 34.3 Å². The van der Waals surface area contributed by atoms with Crippen molar-refractivity contribution in [2.75, 3.05) is 19.6 Å². The number of carbonyl (C=O) groups excluding carboxylic acids is 2. The Bertz CT molecular complexity index is 415. The maximum absolute atomic E-state index is 12.0. The van der Waals surface area contributed by atoms with Crippen molar-refractivity contribution >= 4 is 22.9 Å². The fraction of sp³-hybridized carbons (Fsp3) is 0.538. The second-order valence-electron chi connectivity index (χ2n) is 4.36. The number of hydrogen-bond acceptors (Lipinski definition) is 4. The minimum absolute atomic E-state index is 0.184. The van der Waals surface area contributed by atoms with Crippen molar-refractivity contribution in [1.82, 2.24) is 4.90 Å². The first-order chi connectivity index (χ1) is 8.19. The molecule has 1 aromatic heterocycles. The fourth-order valence-electron chi connectivity index (χ4n) is 1.96. The summed E-state index contributed by atoms with van der Waals surface area (Å²) in [5, 5.41) is 0. The lowest BCUT2D eigenvalue weighted by Gasteiger charge is -2.24. The number of thiophene rings is 1. The SMILES string of the molecule is CCc1ccc(C(=O)CN2CCC(=O)CC2)s1. The molecule has 0 radical (unpaired) electrons. The number of piperidine rings is 1. The summed E-state index contributed by atoms with van der Waals surface area (Å²) < 4.78 is 0. The summed E-state index contributed by atoms with van der Waals surface area (Å²) >= 11 is 1.59. The molecule has 0 bridgehead atoms. The molecule has 1 aromatic rings. The van der Waals surface area contributed by atoms with Crippen molar-refractivity contribution in [2.45, 2.75) is 26.2 Å². The largest absolute Gasteiger partial charge is 0.300 e. The van der Waals surface area contributed by atoms with Crippen LogP contribution in [0.4, 0.5) is 0 Å². The van der Waals surface area contributed by atoms with Crippen molar-refractivity contribution in [2.24, 2.45) is 0 Å². The Morgan fingerprint density at radius 3 is 2.65 bits per heavy atom. The predicted octanol–water partition coefficient (Wildman–Crippen LogP) is 2.16. The van der Waals surface area contributed by atoms with Crippen molar-refractivity contribution in [3.05, 3.63) is 21.9 Å². The molecule has 0 amide bonds. The van der Waals surface area contributed by atoms with Crippen LogP contribution in [-0.4, -0.2) is 36.1 Å². The summed E-state index contributed by atoms with van der Waals surface area (Å²) in [6.45, 7) is 4.01. The van der Waals surface area contributed by atoms with Crippen molar-refractivity contribution < 1.29 is 9.59 Å². The number of Topliss-reactive ketones (excluding diaryl/α,β-unsaturated/α-hetero) is 2. The molecule has 0 atom stereocenters. The van der Waals surface area contributed by atoms with Gasteiger partial charge in [0, 0.05) is 30.8 Å². The van der Waals surface area contributed by atoms with Gasteiger partial charge < -0.3 is 0 Å². The molecule has 1 aliphatic rings. The molecule has 0 aromatic carbocycles. The second-order valence-corrected chi connectivity index (χ2v) is 5.53. The highest BCUT2D eigenvalue weighted by molar-refractivity contribution is 7.14. The molecule has 0 aliphatic carbocycles. The van der Waals surface area contributed by atoms with E-state index in [1.807, 2.05) is 12.1 Å². The maximum Gasteiger partial charge on any atom is 0.186 e. The molecule has 1 saturated heterocycles. The summed E-state index contributed by atoms with van der Waals surface area (Å²) in [6.07, 6.45) is 2.17. The highest BCUT2D eigenvalue weighted by Gasteiger charge is 2.19. The Kier molecular flexibility index (Phi) is 4.07. The summed E-state index contributed by atoms with van der Waals surface area (Å²) in [7, 11) is 0. The standard InChI is InChI=1S/C13H17NO2S/c1-2-11-3-4-13(17-11)12(16)9-14-7-5-10(15)6-8-14/h3-4H,2,5-9H2,1H3. The van der Waals surface area contributed by atoms with E-state index in [0.717, 1.165) is 24.4 Å². The van der Waals surface area contributed by atoms with Crippen LogP contribution in [0.25, 0.3) is 0 Å². The maximum atomic E-state index is 12.0. The Balaban J connectivity index is 1.90. The topological polar surface area (TPSA) is 37.4 Å². The van der Waals surface area contributed by atoms with Crippen LogP contribution >= 0.6 is 11.3 Å². The van der Waals surface area contributed by atoms with Crippen LogP contribution < -0.4 is 0 Å². The molecule has 3 nitrogen and oxygen atoms in total. The Labute approximate surface area is 105 Å². The monoisotopic (exact) mass is 251 g/mol. The lowest BCUT2D eigenvalue weighted by Crippen LogP contribution is -2.37. The zero-order valence-electron chi connectivity index (χ0n) is 10.1. The van der Waals surface area contributed by atoms with E-state index in [4.69, 9.17) is 0 Å². The number of rotatable bonds is 4. The Morgan fingerprint density at radius 2 is 2.06 bits per heavy atom. The molecule has 2 rings (SSSR count). The van der Waals surface area contributed by atoms with Gasteiger partial charge in [-0.05, 0) is 18.6 Å². The number of aryl methyl sites for hydroxylation is 1. The van der Waals surface area contributed by atoms with Crippen LogP contribution in [0.5, 0.6) is 0 Å². The Hall–Kier alpha value is -1.00. The number of carbonyl (C=O) groups is 2. The molecule has 2 heterocycles. The van der Waals surface area contributed by atoms with Gasteiger partial charge in [-0.2, -0.15) is 0 Å². The smallest absolute Gasteiger partial charge is 0.186 e. The first kappa shape index (κ1) is 12.5. The summed E-state index contributed by atoms with van der Waals surface area (Å²) in [5.41, 5.74) is 0. The lowest BCUT2D eigenvalue weighted by molar-refractivity contribution is -0.121. The quantitative estimate of drug-likeness (QED) is 0.770. The average Bonchev–Trinajstić information content (AvgIpc) is 2.81. The highest BCUT2D eigenvalue weighted by Crippen LogP contribution is 2.18. The fourth-order valence-corrected chi connectivity index (χ4v) is 2.84. The first-order valence-electron chi connectivity index (χ1n) is 6.05. The normalized spacial score (nSPS) is 17.4. The molecule has 4 heteroatoms. The average molecular weight is 251 g/mol. The number of hydrogen-bond donors (Lipinski definition) is 0. The number of likely N-dealkylation sites (tertiary alicyclic amines) is 1. The van der Waals surface area contributed by atoms with Gasteiger partial charge in [-0.15, -0.1) is 11.3 Å². The molecule has 0 saturated carbocycles. The van der Waals surface area contributed by atoms with Crippen molar-refractivity contribution in [1.29, 1.82) is 0 Å². The third-order valence-corrected chi connectivity index (χ3v) is 4.34. The number of nitrogens with zero attached hydrogens (tertiary/aromatic N) is 1. The molecule has 92 valence electrons. The van der Waals surface area contributed by atoms with E-state index in [2.05, 4.69) is 11.8 Å². The number of ketones is 2. The molecule has 1 fully saturated rings. The van der Waals surface area contributed by atoms with Gasteiger partial charge in [0.2, 0.25) is 0 Å². The van der Waals surface area contributed by atoms with Gasteiger partial charge in [-0.25, -0.2) is 0 Å². The van der Waals surface area contributed by atoms with E-state index in [9.17, 15) is 9.59 Å². The predicted molar refractivity (Wildman–Crippen MR) is 68.7 cm³/mol. The molecule has 0 N–H and O–H groups in total. The summed E-state index contributed by atoms with van der Waals surface area (Å²) in [4.78, 5) is 27.3. The first-order valence-corrected chi connectivity index (χ1v) is 6.86. The third kappa shape index (κ3) is 3.23. The molecular weight excluding hydrogens is 234 g/mol. The molecular formula is C13H17NO2S. The Morgan fingerprint density at radius 1 is 1.35 bits per heavy atom. The van der Waals surface area contributed by atoms with E-state index >= 15 is 0 Å². The van der Waals surface area contributed by atoms with Gasteiger partial charge in [-0.3, -0.25) is 14.5 Å². The van der Waals surface area contributed by atoms with Gasteiger partial charge in [0.05, 0.1) is 11.4 Å². The third-order valence-electron chi connectivity index (χ3n) is 3.07. The molecule has 1 aliphatic heterocycles. The van der Waals surface area contributed by atoms with E-state index in [1.54, 1.807) is 11.3 Å². The van der Waals surface area contributed by atoms with Gasteiger partial charge >= 0.3 is 0 Å². The van der Waals surface area contributed by atoms with Gasteiger partial charge in [0.1, 0.15) is 5.78 Å². The van der Waals surface area contributed by atoms with Crippen molar-refractivity contribution in [3.8, 4) is 0 Å². The van der Waals surface area contributed by atoms with Crippen LogP contribution in [0.15, 0.2) is 12.1 Å². The lowest BCUT2D eigenvalue weighted by atomic mass is 10.1. The van der Waals surface area contributed by atoms with Crippen LogP contribution in [0, 0.1) is 0 Å². The van der Waals surface area contributed by atoms with E-state index in [0.29, 0.717) is 25.2 Å². The van der Waals surface area contributed by atoms with Crippen LogP contribution in [0.3, 0.4) is 0 Å².